The molecule has 0 saturated carbocycles. The van der Waals surface area contributed by atoms with Crippen LogP contribution in [0.2, 0.25) is 5.02 Å². The third kappa shape index (κ3) is 5.72. The SMILES string of the molecule is O=C(CC[C@H]1CN(Cc2cccc(Cl)c2)CC[C@H]1N1CCCC1)N1CCOCC1. The molecule has 3 aliphatic rings. The van der Waals surface area contributed by atoms with Gasteiger partial charge in [-0.05, 0) is 68.9 Å². The highest BCUT2D eigenvalue weighted by Gasteiger charge is 2.34. The predicted molar refractivity (Wildman–Crippen MR) is 116 cm³/mol. The highest BCUT2D eigenvalue weighted by Crippen LogP contribution is 2.30. The van der Waals surface area contributed by atoms with Crippen LogP contribution in [0.1, 0.15) is 37.7 Å². The lowest BCUT2D eigenvalue weighted by molar-refractivity contribution is -0.135. The van der Waals surface area contributed by atoms with Crippen molar-refractivity contribution in [2.75, 3.05) is 52.5 Å². The smallest absolute Gasteiger partial charge is 0.222 e. The van der Waals surface area contributed by atoms with Crippen LogP contribution in [-0.2, 0) is 16.1 Å². The van der Waals surface area contributed by atoms with Crippen molar-refractivity contribution < 1.29 is 9.53 Å². The third-order valence-corrected chi connectivity index (χ3v) is 7.01. The molecule has 0 aromatic heterocycles. The number of morpholine rings is 1. The second kappa shape index (κ2) is 10.3. The molecular formula is C23H34ClN3O2. The average molecular weight is 420 g/mol. The first-order valence-corrected chi connectivity index (χ1v) is 11.6. The zero-order valence-corrected chi connectivity index (χ0v) is 18.2. The first kappa shape index (κ1) is 21.1. The fourth-order valence-electron chi connectivity index (χ4n) is 5.25. The lowest BCUT2D eigenvalue weighted by atomic mass is 9.86. The molecule has 0 radical (unpaired) electrons. The molecule has 0 aliphatic carbocycles. The van der Waals surface area contributed by atoms with E-state index in [0.29, 0.717) is 37.5 Å². The van der Waals surface area contributed by atoms with Gasteiger partial charge in [0, 0.05) is 43.7 Å². The van der Waals surface area contributed by atoms with Gasteiger partial charge in [0.15, 0.2) is 0 Å². The van der Waals surface area contributed by atoms with Crippen molar-refractivity contribution in [3.8, 4) is 0 Å². The summed E-state index contributed by atoms with van der Waals surface area (Å²) in [5, 5.41) is 0.808. The molecule has 1 amide bonds. The van der Waals surface area contributed by atoms with E-state index in [1.165, 1.54) is 37.9 Å². The van der Waals surface area contributed by atoms with Gasteiger partial charge < -0.3 is 14.5 Å². The summed E-state index contributed by atoms with van der Waals surface area (Å²) >= 11 is 6.18. The van der Waals surface area contributed by atoms with Crippen LogP contribution in [0.25, 0.3) is 0 Å². The van der Waals surface area contributed by atoms with Crippen LogP contribution in [-0.4, -0.2) is 79.1 Å². The predicted octanol–water partition coefficient (Wildman–Crippen LogP) is 3.27. The van der Waals surface area contributed by atoms with Gasteiger partial charge in [0.2, 0.25) is 5.91 Å². The second-order valence-corrected chi connectivity index (χ2v) is 9.19. The third-order valence-electron chi connectivity index (χ3n) is 6.78. The van der Waals surface area contributed by atoms with Crippen molar-refractivity contribution in [1.82, 2.24) is 14.7 Å². The van der Waals surface area contributed by atoms with E-state index in [9.17, 15) is 4.79 Å². The molecule has 0 unspecified atom stereocenters. The number of amides is 1. The van der Waals surface area contributed by atoms with Crippen molar-refractivity contribution in [3.05, 3.63) is 34.9 Å². The topological polar surface area (TPSA) is 36.0 Å². The monoisotopic (exact) mass is 419 g/mol. The molecule has 1 aromatic carbocycles. The van der Waals surface area contributed by atoms with E-state index in [4.69, 9.17) is 16.3 Å². The molecule has 29 heavy (non-hydrogen) atoms. The van der Waals surface area contributed by atoms with Gasteiger partial charge in [-0.3, -0.25) is 9.69 Å². The molecule has 160 valence electrons. The van der Waals surface area contributed by atoms with Gasteiger partial charge in [0.05, 0.1) is 13.2 Å². The summed E-state index contributed by atoms with van der Waals surface area (Å²) in [5.41, 5.74) is 1.28. The minimum Gasteiger partial charge on any atom is -0.378 e. The number of piperidine rings is 1. The Labute approximate surface area is 179 Å². The number of hydrogen-bond acceptors (Lipinski definition) is 4. The van der Waals surface area contributed by atoms with Gasteiger partial charge >= 0.3 is 0 Å². The number of benzene rings is 1. The normalized spacial score (nSPS) is 26.7. The Hall–Kier alpha value is -1.14. The van der Waals surface area contributed by atoms with Crippen LogP contribution in [0.5, 0.6) is 0 Å². The molecule has 3 saturated heterocycles. The maximum Gasteiger partial charge on any atom is 0.222 e. The average Bonchev–Trinajstić information content (AvgIpc) is 3.27. The minimum absolute atomic E-state index is 0.306. The minimum atomic E-state index is 0.306. The van der Waals surface area contributed by atoms with Crippen LogP contribution >= 0.6 is 11.6 Å². The van der Waals surface area contributed by atoms with Gasteiger partial charge in [-0.25, -0.2) is 0 Å². The summed E-state index contributed by atoms with van der Waals surface area (Å²) in [6.07, 6.45) is 5.50. The maximum atomic E-state index is 12.7. The van der Waals surface area contributed by atoms with Crippen molar-refractivity contribution in [3.63, 3.8) is 0 Å². The van der Waals surface area contributed by atoms with E-state index >= 15 is 0 Å². The fourth-order valence-corrected chi connectivity index (χ4v) is 5.46. The number of rotatable bonds is 6. The molecule has 3 aliphatic heterocycles. The van der Waals surface area contributed by atoms with Crippen molar-refractivity contribution in [2.45, 2.75) is 44.7 Å². The van der Waals surface area contributed by atoms with Crippen LogP contribution in [0, 0.1) is 5.92 Å². The summed E-state index contributed by atoms with van der Waals surface area (Å²) in [6.45, 7) is 8.46. The summed E-state index contributed by atoms with van der Waals surface area (Å²) in [5.74, 6) is 0.867. The molecule has 0 N–H and O–H groups in total. The van der Waals surface area contributed by atoms with Crippen molar-refractivity contribution in [1.29, 1.82) is 0 Å². The standard InChI is InChI=1S/C23H34ClN3O2/c24-21-5-3-4-19(16-21)17-25-11-8-22(26-9-1-2-10-26)20(18-25)6-7-23(28)27-12-14-29-15-13-27/h3-5,16,20,22H,1-2,6-15,17-18H2/t20-,22+/m0/s1. The molecule has 4 rings (SSSR count). The van der Waals surface area contributed by atoms with Crippen LogP contribution in [0.3, 0.4) is 0 Å². The molecule has 5 nitrogen and oxygen atoms in total. The summed E-state index contributed by atoms with van der Waals surface area (Å²) in [6, 6.07) is 8.84. The van der Waals surface area contributed by atoms with Gasteiger partial charge in [-0.1, -0.05) is 23.7 Å². The maximum absolute atomic E-state index is 12.7. The lowest BCUT2D eigenvalue weighted by Gasteiger charge is -2.43. The quantitative estimate of drug-likeness (QED) is 0.709. The molecule has 0 spiro atoms. The van der Waals surface area contributed by atoms with Crippen LogP contribution < -0.4 is 0 Å². The Balaban J connectivity index is 1.37. The van der Waals surface area contributed by atoms with E-state index in [1.807, 2.05) is 17.0 Å². The molecule has 3 heterocycles. The Morgan fingerprint density at radius 3 is 2.66 bits per heavy atom. The number of nitrogens with zero attached hydrogens (tertiary/aromatic N) is 3. The van der Waals surface area contributed by atoms with Crippen molar-refractivity contribution >= 4 is 17.5 Å². The first-order valence-electron chi connectivity index (χ1n) is 11.3. The van der Waals surface area contributed by atoms with E-state index in [2.05, 4.69) is 21.9 Å². The molecule has 1 aromatic rings. The summed E-state index contributed by atoms with van der Waals surface area (Å²) in [7, 11) is 0. The zero-order valence-electron chi connectivity index (χ0n) is 17.4. The van der Waals surface area contributed by atoms with Crippen molar-refractivity contribution in [2.24, 2.45) is 5.92 Å². The van der Waals surface area contributed by atoms with Crippen LogP contribution in [0.15, 0.2) is 24.3 Å². The van der Waals surface area contributed by atoms with Gasteiger partial charge in [-0.2, -0.15) is 0 Å². The fraction of sp³-hybridized carbons (Fsp3) is 0.696. The van der Waals surface area contributed by atoms with E-state index in [0.717, 1.165) is 44.2 Å². The Bertz CT molecular complexity index is 674. The zero-order chi connectivity index (χ0) is 20.1. The van der Waals surface area contributed by atoms with Crippen LogP contribution in [0.4, 0.5) is 0 Å². The Morgan fingerprint density at radius 1 is 1.10 bits per heavy atom. The highest BCUT2D eigenvalue weighted by molar-refractivity contribution is 6.30. The summed E-state index contributed by atoms with van der Waals surface area (Å²) < 4.78 is 5.39. The molecular weight excluding hydrogens is 386 g/mol. The molecule has 0 bridgehead atoms. The Morgan fingerprint density at radius 2 is 1.90 bits per heavy atom. The number of hydrogen-bond donors (Lipinski definition) is 0. The number of likely N-dealkylation sites (tertiary alicyclic amines) is 2. The molecule has 2 atom stereocenters. The Kier molecular flexibility index (Phi) is 7.46. The highest BCUT2D eigenvalue weighted by atomic mass is 35.5. The largest absolute Gasteiger partial charge is 0.378 e. The number of carbonyl (C=O) groups excluding carboxylic acids is 1. The van der Waals surface area contributed by atoms with E-state index in [-0.39, 0.29) is 0 Å². The van der Waals surface area contributed by atoms with Gasteiger partial charge in [0.25, 0.3) is 0 Å². The second-order valence-electron chi connectivity index (χ2n) is 8.76. The number of ether oxygens (including phenoxy) is 1. The molecule has 3 fully saturated rings. The first-order chi connectivity index (χ1) is 14.2. The summed E-state index contributed by atoms with van der Waals surface area (Å²) in [4.78, 5) is 19.9. The van der Waals surface area contributed by atoms with E-state index in [1.54, 1.807) is 0 Å². The molecule has 6 heteroatoms. The van der Waals surface area contributed by atoms with Gasteiger partial charge in [0.1, 0.15) is 0 Å². The van der Waals surface area contributed by atoms with Gasteiger partial charge in [-0.15, -0.1) is 0 Å². The number of carbonyl (C=O) groups is 1. The lowest BCUT2D eigenvalue weighted by Crippen LogP contribution is -2.50. The number of halogens is 1. The van der Waals surface area contributed by atoms with E-state index < -0.39 is 0 Å².